The SMILES string of the molecule is C=C1/C=C\C=C/CN(c2ccccc2)c2c1c1ccccc1c1c2c2ccccc2n1-c1ccc(-c2cc(-c3ccccc3)cc(-c3ccccc3)c2)cc1. The van der Waals surface area contributed by atoms with E-state index in [0.29, 0.717) is 0 Å². The minimum atomic E-state index is 0.725. The first-order valence-corrected chi connectivity index (χ1v) is 18.9. The highest BCUT2D eigenvalue weighted by molar-refractivity contribution is 6.27. The zero-order chi connectivity index (χ0) is 36.7. The highest BCUT2D eigenvalue weighted by Crippen LogP contribution is 2.49. The van der Waals surface area contributed by atoms with E-state index in [0.717, 1.165) is 29.1 Å². The van der Waals surface area contributed by atoms with Gasteiger partial charge < -0.3 is 9.47 Å². The first kappa shape index (κ1) is 32.5. The Morgan fingerprint density at radius 2 is 0.964 bits per heavy atom. The van der Waals surface area contributed by atoms with E-state index in [4.69, 9.17) is 0 Å². The second kappa shape index (κ2) is 13.7. The van der Waals surface area contributed by atoms with Crippen molar-refractivity contribution in [3.8, 4) is 39.1 Å². The molecule has 0 amide bonds. The Morgan fingerprint density at radius 1 is 0.436 bits per heavy atom. The lowest BCUT2D eigenvalue weighted by molar-refractivity contribution is 1.10. The summed E-state index contributed by atoms with van der Waals surface area (Å²) in [5.41, 5.74) is 15.2. The van der Waals surface area contributed by atoms with Crippen LogP contribution in [-0.2, 0) is 0 Å². The minimum absolute atomic E-state index is 0.725. The number of rotatable bonds is 5. The van der Waals surface area contributed by atoms with Crippen LogP contribution < -0.4 is 4.90 Å². The molecule has 1 aliphatic rings. The topological polar surface area (TPSA) is 8.17 Å². The summed E-state index contributed by atoms with van der Waals surface area (Å²) >= 11 is 0. The molecule has 260 valence electrons. The van der Waals surface area contributed by atoms with Crippen LogP contribution in [0.1, 0.15) is 5.56 Å². The molecular weight excluding hydrogens is 665 g/mol. The van der Waals surface area contributed by atoms with Gasteiger partial charge >= 0.3 is 0 Å². The average Bonchev–Trinajstić information content (AvgIpc) is 3.64. The van der Waals surface area contributed by atoms with Crippen LogP contribution in [0, 0.1) is 0 Å². The summed E-state index contributed by atoms with van der Waals surface area (Å²) in [5, 5.41) is 4.83. The Bertz CT molecular complexity index is 2870. The molecule has 0 spiro atoms. The van der Waals surface area contributed by atoms with Crippen molar-refractivity contribution in [1.29, 1.82) is 0 Å². The van der Waals surface area contributed by atoms with Gasteiger partial charge in [-0.1, -0.05) is 164 Å². The summed E-state index contributed by atoms with van der Waals surface area (Å²) < 4.78 is 2.47. The van der Waals surface area contributed by atoms with Crippen LogP contribution in [0.15, 0.2) is 213 Å². The lowest BCUT2D eigenvalue weighted by atomic mass is 9.92. The van der Waals surface area contributed by atoms with Crippen LogP contribution in [0.2, 0.25) is 0 Å². The lowest BCUT2D eigenvalue weighted by Crippen LogP contribution is -2.19. The second-order valence-corrected chi connectivity index (χ2v) is 14.2. The van der Waals surface area contributed by atoms with E-state index in [2.05, 4.69) is 222 Å². The number of allylic oxidation sites excluding steroid dienone is 4. The molecule has 0 aliphatic carbocycles. The van der Waals surface area contributed by atoms with Crippen molar-refractivity contribution in [2.45, 2.75) is 0 Å². The van der Waals surface area contributed by atoms with E-state index >= 15 is 0 Å². The van der Waals surface area contributed by atoms with Crippen molar-refractivity contribution in [1.82, 2.24) is 4.57 Å². The number of nitrogens with zero attached hydrogens (tertiary/aromatic N) is 2. The van der Waals surface area contributed by atoms with Gasteiger partial charge in [-0.25, -0.2) is 0 Å². The fourth-order valence-electron chi connectivity index (χ4n) is 8.38. The molecule has 0 saturated heterocycles. The molecule has 0 N–H and O–H groups in total. The van der Waals surface area contributed by atoms with Crippen molar-refractivity contribution < 1.29 is 0 Å². The van der Waals surface area contributed by atoms with Crippen molar-refractivity contribution in [2.24, 2.45) is 0 Å². The van der Waals surface area contributed by atoms with Crippen molar-refractivity contribution in [3.63, 3.8) is 0 Å². The monoisotopic (exact) mass is 702 g/mol. The average molecular weight is 703 g/mol. The van der Waals surface area contributed by atoms with Crippen LogP contribution in [0.4, 0.5) is 11.4 Å². The van der Waals surface area contributed by atoms with E-state index < -0.39 is 0 Å². The standard InChI is InChI=1S/C53H38N2/c1-37-18-6-5-17-33-54(44-23-11-4-12-24-44)53-50(37)46-25-13-14-26-47(46)52-51(53)48-27-15-16-28-49(48)55(52)45-31-29-40(30-32-45)43-35-41(38-19-7-2-8-20-38)34-42(36-43)39-21-9-3-10-22-39/h2-32,34-36H,1,33H2/b17-5-,18-6-. The maximum absolute atomic E-state index is 4.66. The molecule has 0 unspecified atom stereocenters. The van der Waals surface area contributed by atoms with Gasteiger partial charge in [0.15, 0.2) is 0 Å². The third-order valence-electron chi connectivity index (χ3n) is 10.9. The number of para-hydroxylation sites is 2. The Hall–Kier alpha value is -7.16. The van der Waals surface area contributed by atoms with Gasteiger partial charge in [0.1, 0.15) is 0 Å². The predicted molar refractivity (Wildman–Crippen MR) is 235 cm³/mol. The Kier molecular flexibility index (Phi) is 8.08. The summed E-state index contributed by atoms with van der Waals surface area (Å²) in [5.74, 6) is 0. The molecule has 8 aromatic carbocycles. The molecule has 2 nitrogen and oxygen atoms in total. The number of aromatic nitrogens is 1. The second-order valence-electron chi connectivity index (χ2n) is 14.2. The van der Waals surface area contributed by atoms with Gasteiger partial charge in [-0.3, -0.25) is 0 Å². The molecule has 1 aliphatic heterocycles. The van der Waals surface area contributed by atoms with Crippen molar-refractivity contribution in [2.75, 3.05) is 11.4 Å². The molecule has 0 fully saturated rings. The summed E-state index contributed by atoms with van der Waals surface area (Å²) in [6.45, 7) is 5.39. The number of fused-ring (bicyclic) bond motifs is 8. The summed E-state index contributed by atoms with van der Waals surface area (Å²) in [7, 11) is 0. The maximum atomic E-state index is 4.66. The van der Waals surface area contributed by atoms with Gasteiger partial charge in [-0.15, -0.1) is 0 Å². The van der Waals surface area contributed by atoms with E-state index in [-0.39, 0.29) is 0 Å². The van der Waals surface area contributed by atoms with Crippen LogP contribution in [0.5, 0.6) is 0 Å². The van der Waals surface area contributed by atoms with Crippen molar-refractivity contribution >= 4 is 49.5 Å². The largest absolute Gasteiger partial charge is 0.337 e. The number of benzene rings is 8. The smallest absolute Gasteiger partial charge is 0.0640 e. The third-order valence-corrected chi connectivity index (χ3v) is 10.9. The summed E-state index contributed by atoms with van der Waals surface area (Å²) in [6.07, 6.45) is 8.63. The van der Waals surface area contributed by atoms with E-state index in [1.54, 1.807) is 0 Å². The molecule has 2 heterocycles. The first-order valence-electron chi connectivity index (χ1n) is 18.9. The Labute approximate surface area is 321 Å². The predicted octanol–water partition coefficient (Wildman–Crippen LogP) is 14.2. The van der Waals surface area contributed by atoms with E-state index in [9.17, 15) is 0 Å². The highest BCUT2D eigenvalue weighted by atomic mass is 15.1. The molecule has 0 radical (unpaired) electrons. The van der Waals surface area contributed by atoms with Crippen LogP contribution in [0.25, 0.3) is 77.2 Å². The number of anilines is 2. The minimum Gasteiger partial charge on any atom is -0.337 e. The Morgan fingerprint density at radius 3 is 1.60 bits per heavy atom. The lowest BCUT2D eigenvalue weighted by Gasteiger charge is -2.29. The van der Waals surface area contributed by atoms with Gasteiger partial charge in [-0.05, 0) is 92.9 Å². The van der Waals surface area contributed by atoms with Gasteiger partial charge in [0.2, 0.25) is 0 Å². The molecule has 0 saturated carbocycles. The van der Waals surface area contributed by atoms with Crippen molar-refractivity contribution in [3.05, 3.63) is 218 Å². The van der Waals surface area contributed by atoms with Gasteiger partial charge in [0.05, 0.1) is 16.7 Å². The number of hydrogen-bond donors (Lipinski definition) is 0. The molecule has 2 heteroatoms. The van der Waals surface area contributed by atoms with Crippen LogP contribution >= 0.6 is 0 Å². The molecule has 0 atom stereocenters. The molecule has 10 rings (SSSR count). The number of hydrogen-bond acceptors (Lipinski definition) is 1. The Balaban J connectivity index is 1.22. The van der Waals surface area contributed by atoms with Gasteiger partial charge in [0, 0.05) is 39.6 Å². The van der Waals surface area contributed by atoms with Crippen LogP contribution in [0.3, 0.4) is 0 Å². The van der Waals surface area contributed by atoms with Crippen LogP contribution in [-0.4, -0.2) is 11.1 Å². The highest BCUT2D eigenvalue weighted by Gasteiger charge is 2.26. The molecule has 1 aromatic heterocycles. The van der Waals surface area contributed by atoms with Gasteiger partial charge in [0.25, 0.3) is 0 Å². The molecule has 55 heavy (non-hydrogen) atoms. The molecule has 0 bridgehead atoms. The normalized spacial score (nSPS) is 14.0. The summed E-state index contributed by atoms with van der Waals surface area (Å²) in [6, 6.07) is 65.9. The van der Waals surface area contributed by atoms with E-state index in [1.807, 2.05) is 0 Å². The third kappa shape index (κ3) is 5.67. The zero-order valence-electron chi connectivity index (χ0n) is 30.4. The van der Waals surface area contributed by atoms with E-state index in [1.165, 1.54) is 71.6 Å². The zero-order valence-corrected chi connectivity index (χ0v) is 30.4. The maximum Gasteiger partial charge on any atom is 0.0640 e. The quantitative estimate of drug-likeness (QED) is 0.173. The fourth-order valence-corrected chi connectivity index (χ4v) is 8.38. The summed E-state index contributed by atoms with van der Waals surface area (Å²) in [4.78, 5) is 2.46. The molecule has 9 aromatic rings. The fraction of sp³-hybridized carbons (Fsp3) is 0.0189. The first-order chi connectivity index (χ1) is 27.2. The molecular formula is C53H38N2. The van der Waals surface area contributed by atoms with Gasteiger partial charge in [-0.2, -0.15) is 0 Å².